The van der Waals surface area contributed by atoms with Crippen LogP contribution in [0.25, 0.3) is 11.0 Å². The van der Waals surface area contributed by atoms with E-state index < -0.39 is 0 Å². The summed E-state index contributed by atoms with van der Waals surface area (Å²) in [7, 11) is 0. The number of hydrogen-bond donors (Lipinski definition) is 2. The van der Waals surface area contributed by atoms with Crippen molar-refractivity contribution in [1.82, 2.24) is 15.3 Å². The number of ether oxygens (including phenoxy) is 1. The highest BCUT2D eigenvalue weighted by molar-refractivity contribution is 6.30. The van der Waals surface area contributed by atoms with E-state index in [1.165, 1.54) is 12.1 Å². The number of fused-ring (bicyclic) bond motifs is 1. The van der Waals surface area contributed by atoms with Crippen LogP contribution >= 0.6 is 11.6 Å². The van der Waals surface area contributed by atoms with Crippen molar-refractivity contribution >= 4 is 22.6 Å². The lowest BCUT2D eigenvalue weighted by atomic mass is 10.2. The van der Waals surface area contributed by atoms with E-state index >= 15 is 0 Å². The van der Waals surface area contributed by atoms with Gasteiger partial charge in [0, 0.05) is 23.6 Å². The molecule has 154 valence electrons. The Balaban J connectivity index is 1.28. The van der Waals surface area contributed by atoms with E-state index in [4.69, 9.17) is 16.3 Å². The summed E-state index contributed by atoms with van der Waals surface area (Å²) in [6.45, 7) is 1.88. The molecule has 3 aromatic carbocycles. The number of aromatic nitrogens is 2. The van der Waals surface area contributed by atoms with Gasteiger partial charge in [-0.05, 0) is 61.0 Å². The number of H-pyrrole nitrogens is 1. The molecule has 30 heavy (non-hydrogen) atoms. The van der Waals surface area contributed by atoms with Gasteiger partial charge in [0.2, 0.25) is 0 Å². The number of aromatic amines is 1. The number of para-hydroxylation sites is 2. The number of hydrogen-bond acceptors (Lipinski definition) is 3. The number of nitrogens with one attached hydrogen (secondary N) is 2. The molecule has 0 aliphatic carbocycles. The molecule has 0 saturated carbocycles. The van der Waals surface area contributed by atoms with E-state index in [2.05, 4.69) is 15.3 Å². The van der Waals surface area contributed by atoms with Gasteiger partial charge < -0.3 is 15.0 Å². The van der Waals surface area contributed by atoms with E-state index in [0.29, 0.717) is 18.2 Å². The van der Waals surface area contributed by atoms with Gasteiger partial charge in [0.05, 0.1) is 11.0 Å². The minimum Gasteiger partial charge on any atom is -0.489 e. The molecule has 0 bridgehead atoms. The van der Waals surface area contributed by atoms with Gasteiger partial charge in [-0.3, -0.25) is 0 Å². The largest absolute Gasteiger partial charge is 0.489 e. The molecule has 0 unspecified atom stereocenters. The van der Waals surface area contributed by atoms with Gasteiger partial charge in [-0.25, -0.2) is 9.37 Å². The molecule has 0 spiro atoms. The summed E-state index contributed by atoms with van der Waals surface area (Å²) in [5, 5.41) is 4.12. The topological polar surface area (TPSA) is 49.9 Å². The highest BCUT2D eigenvalue weighted by Crippen LogP contribution is 2.24. The van der Waals surface area contributed by atoms with Crippen molar-refractivity contribution in [2.24, 2.45) is 0 Å². The first kappa shape index (κ1) is 20.4. The van der Waals surface area contributed by atoms with E-state index in [0.717, 1.165) is 53.1 Å². The van der Waals surface area contributed by atoms with Crippen molar-refractivity contribution in [3.63, 3.8) is 0 Å². The van der Waals surface area contributed by atoms with Crippen LogP contribution < -0.4 is 10.1 Å². The molecule has 0 fully saturated rings. The molecular weight excluding hydrogens is 401 g/mol. The molecule has 0 aliphatic heterocycles. The Bertz CT molecular complexity index is 1080. The second-order valence-corrected chi connectivity index (χ2v) is 7.58. The Morgan fingerprint density at radius 1 is 1.03 bits per heavy atom. The van der Waals surface area contributed by atoms with Gasteiger partial charge in [-0.15, -0.1) is 0 Å². The molecule has 4 aromatic rings. The van der Waals surface area contributed by atoms with Gasteiger partial charge >= 0.3 is 0 Å². The Morgan fingerprint density at radius 3 is 2.70 bits per heavy atom. The Kier molecular flexibility index (Phi) is 6.62. The minimum absolute atomic E-state index is 0.252. The van der Waals surface area contributed by atoms with Crippen LogP contribution in [0.5, 0.6) is 5.75 Å². The Hall–Kier alpha value is -2.89. The van der Waals surface area contributed by atoms with Crippen molar-refractivity contribution in [2.45, 2.75) is 26.0 Å². The fraction of sp³-hybridized carbons (Fsp3) is 0.208. The molecule has 4 rings (SSSR count). The molecule has 0 amide bonds. The molecule has 0 aliphatic rings. The van der Waals surface area contributed by atoms with Crippen LogP contribution in [0, 0.1) is 5.82 Å². The zero-order valence-electron chi connectivity index (χ0n) is 16.5. The SMILES string of the molecule is Fc1ccc(COc2ccc(Cl)cc2CNCCCc2nc3ccccc3[nH]2)cc1. The number of benzene rings is 3. The highest BCUT2D eigenvalue weighted by atomic mass is 35.5. The molecule has 0 radical (unpaired) electrons. The van der Waals surface area contributed by atoms with Crippen molar-refractivity contribution in [1.29, 1.82) is 0 Å². The fourth-order valence-corrected chi connectivity index (χ4v) is 3.49. The molecular formula is C24H23ClFN3O. The summed E-state index contributed by atoms with van der Waals surface area (Å²) >= 11 is 6.17. The normalized spacial score (nSPS) is 11.1. The molecule has 0 atom stereocenters. The van der Waals surface area contributed by atoms with E-state index in [9.17, 15) is 4.39 Å². The van der Waals surface area contributed by atoms with Gasteiger partial charge in [0.1, 0.15) is 24.0 Å². The zero-order valence-corrected chi connectivity index (χ0v) is 17.3. The molecule has 2 N–H and O–H groups in total. The summed E-state index contributed by atoms with van der Waals surface area (Å²) in [5.41, 5.74) is 3.98. The predicted octanol–water partition coefficient (Wildman–Crippen LogP) is 5.66. The van der Waals surface area contributed by atoms with Crippen LogP contribution in [-0.4, -0.2) is 16.5 Å². The highest BCUT2D eigenvalue weighted by Gasteiger charge is 2.07. The van der Waals surface area contributed by atoms with E-state index in [1.54, 1.807) is 12.1 Å². The maximum atomic E-state index is 13.1. The molecule has 1 aromatic heterocycles. The second kappa shape index (κ2) is 9.74. The summed E-state index contributed by atoms with van der Waals surface area (Å²) in [4.78, 5) is 7.97. The lowest BCUT2D eigenvalue weighted by Crippen LogP contribution is -2.16. The number of imidazole rings is 1. The maximum absolute atomic E-state index is 13.1. The van der Waals surface area contributed by atoms with Gasteiger partial charge in [0.15, 0.2) is 0 Å². The average molecular weight is 424 g/mol. The molecule has 0 saturated heterocycles. The predicted molar refractivity (Wildman–Crippen MR) is 118 cm³/mol. The summed E-state index contributed by atoms with van der Waals surface area (Å²) < 4.78 is 19.0. The van der Waals surface area contributed by atoms with Gasteiger partial charge in [0.25, 0.3) is 0 Å². The smallest absolute Gasteiger partial charge is 0.124 e. The fourth-order valence-electron chi connectivity index (χ4n) is 3.30. The minimum atomic E-state index is -0.252. The number of aryl methyl sites for hydroxylation is 1. The first-order valence-corrected chi connectivity index (χ1v) is 10.4. The number of nitrogens with zero attached hydrogens (tertiary/aromatic N) is 1. The third-order valence-electron chi connectivity index (χ3n) is 4.85. The number of halogens is 2. The third kappa shape index (κ3) is 5.38. The quantitative estimate of drug-likeness (QED) is 0.342. The monoisotopic (exact) mass is 423 g/mol. The lowest BCUT2D eigenvalue weighted by molar-refractivity contribution is 0.302. The first-order chi connectivity index (χ1) is 14.7. The molecule has 4 nitrogen and oxygen atoms in total. The van der Waals surface area contributed by atoms with E-state index in [-0.39, 0.29) is 5.82 Å². The van der Waals surface area contributed by atoms with Gasteiger partial charge in [-0.2, -0.15) is 0 Å². The Morgan fingerprint density at radius 2 is 1.87 bits per heavy atom. The van der Waals surface area contributed by atoms with Crippen LogP contribution in [0.2, 0.25) is 5.02 Å². The zero-order chi connectivity index (χ0) is 20.8. The lowest BCUT2D eigenvalue weighted by Gasteiger charge is -2.13. The molecule has 1 heterocycles. The van der Waals surface area contributed by atoms with Crippen molar-refractivity contribution in [2.75, 3.05) is 6.54 Å². The van der Waals surface area contributed by atoms with Crippen molar-refractivity contribution in [3.8, 4) is 5.75 Å². The van der Waals surface area contributed by atoms with E-state index in [1.807, 2.05) is 42.5 Å². The average Bonchev–Trinajstić information content (AvgIpc) is 3.17. The van der Waals surface area contributed by atoms with Crippen LogP contribution in [0.15, 0.2) is 66.7 Å². The van der Waals surface area contributed by atoms with Crippen molar-refractivity contribution in [3.05, 3.63) is 94.5 Å². The summed E-state index contributed by atoms with van der Waals surface area (Å²) in [6, 6.07) is 20.0. The van der Waals surface area contributed by atoms with Crippen LogP contribution in [0.4, 0.5) is 4.39 Å². The third-order valence-corrected chi connectivity index (χ3v) is 5.09. The van der Waals surface area contributed by atoms with Crippen LogP contribution in [0.1, 0.15) is 23.4 Å². The maximum Gasteiger partial charge on any atom is 0.124 e. The first-order valence-electron chi connectivity index (χ1n) is 9.97. The standard InChI is InChI=1S/C24H23ClFN3O/c25-19-9-12-23(30-16-17-7-10-20(26)11-8-17)18(14-19)15-27-13-3-6-24-28-21-4-1-2-5-22(21)29-24/h1-2,4-5,7-12,14,27H,3,6,13,15-16H2,(H,28,29). The van der Waals surface area contributed by atoms with Crippen molar-refractivity contribution < 1.29 is 9.13 Å². The number of rotatable bonds is 9. The van der Waals surface area contributed by atoms with Crippen LogP contribution in [0.3, 0.4) is 0 Å². The summed E-state index contributed by atoms with van der Waals surface area (Å²) in [5.74, 6) is 1.52. The second-order valence-electron chi connectivity index (χ2n) is 7.15. The van der Waals surface area contributed by atoms with Gasteiger partial charge in [-0.1, -0.05) is 35.9 Å². The Labute approximate surface area is 180 Å². The molecule has 6 heteroatoms. The van der Waals surface area contributed by atoms with Crippen LogP contribution in [-0.2, 0) is 19.6 Å². The summed E-state index contributed by atoms with van der Waals surface area (Å²) in [6.07, 6.45) is 1.84.